The van der Waals surface area contributed by atoms with Crippen LogP contribution in [0, 0.1) is 16.0 Å². The molecule has 0 saturated heterocycles. The van der Waals surface area contributed by atoms with Gasteiger partial charge in [-0.2, -0.15) is 0 Å². The minimum atomic E-state index is -4.00. The molecule has 21 heavy (non-hydrogen) atoms. The average Bonchev–Trinajstić information content (AvgIpc) is 2.44. The molecule has 0 fully saturated rings. The Morgan fingerprint density at radius 1 is 1.43 bits per heavy atom. The largest absolute Gasteiger partial charge is 0.495 e. The fourth-order valence-electron chi connectivity index (χ4n) is 1.57. The molecule has 118 valence electrons. The van der Waals surface area contributed by atoms with Crippen LogP contribution in [-0.4, -0.2) is 38.2 Å². The van der Waals surface area contributed by atoms with E-state index in [1.165, 1.54) is 13.2 Å². The first kappa shape index (κ1) is 17.3. The van der Waals surface area contributed by atoms with Crippen molar-refractivity contribution < 1.29 is 23.2 Å². The molecule has 2 N–H and O–H groups in total. The van der Waals surface area contributed by atoms with Gasteiger partial charge in [0.15, 0.2) is 0 Å². The van der Waals surface area contributed by atoms with Crippen molar-refractivity contribution in [3.63, 3.8) is 0 Å². The van der Waals surface area contributed by atoms with E-state index in [2.05, 4.69) is 4.72 Å². The lowest BCUT2D eigenvalue weighted by Gasteiger charge is -2.20. The highest BCUT2D eigenvalue weighted by Gasteiger charge is 2.26. The highest BCUT2D eigenvalue weighted by Crippen LogP contribution is 2.28. The van der Waals surface area contributed by atoms with Crippen LogP contribution in [0.3, 0.4) is 0 Å². The number of hydrogen-bond acceptors (Lipinski definition) is 6. The zero-order valence-corrected chi connectivity index (χ0v) is 12.8. The van der Waals surface area contributed by atoms with E-state index >= 15 is 0 Å². The molecule has 2 atom stereocenters. The highest BCUT2D eigenvalue weighted by molar-refractivity contribution is 7.89. The minimum absolute atomic E-state index is 0.0111. The average molecular weight is 318 g/mol. The summed E-state index contributed by atoms with van der Waals surface area (Å²) in [6, 6.07) is 2.80. The fourth-order valence-corrected chi connectivity index (χ4v) is 3.11. The maximum absolute atomic E-state index is 12.3. The number of non-ortho nitro benzene ring substituents is 1. The van der Waals surface area contributed by atoms with Crippen molar-refractivity contribution >= 4 is 15.7 Å². The number of hydrogen-bond donors (Lipinski definition) is 2. The summed E-state index contributed by atoms with van der Waals surface area (Å²) in [5, 5.41) is 19.8. The van der Waals surface area contributed by atoms with Gasteiger partial charge in [-0.3, -0.25) is 10.1 Å². The van der Waals surface area contributed by atoms with Crippen molar-refractivity contribution in [3.8, 4) is 5.75 Å². The van der Waals surface area contributed by atoms with Crippen LogP contribution >= 0.6 is 0 Å². The van der Waals surface area contributed by atoms with Gasteiger partial charge in [0, 0.05) is 24.8 Å². The van der Waals surface area contributed by atoms with Gasteiger partial charge in [-0.05, 0) is 18.9 Å². The van der Waals surface area contributed by atoms with Crippen molar-refractivity contribution in [3.05, 3.63) is 28.3 Å². The summed E-state index contributed by atoms with van der Waals surface area (Å²) in [6.07, 6.45) is 0. The Kier molecular flexibility index (Phi) is 5.64. The Morgan fingerprint density at radius 2 is 2.05 bits per heavy atom. The van der Waals surface area contributed by atoms with Gasteiger partial charge in [0.25, 0.3) is 5.69 Å². The van der Waals surface area contributed by atoms with E-state index in [0.717, 1.165) is 12.1 Å². The van der Waals surface area contributed by atoms with Gasteiger partial charge < -0.3 is 9.84 Å². The summed E-state index contributed by atoms with van der Waals surface area (Å²) >= 11 is 0. The first-order chi connectivity index (χ1) is 9.72. The van der Waals surface area contributed by atoms with Gasteiger partial charge in [-0.25, -0.2) is 13.1 Å². The van der Waals surface area contributed by atoms with Crippen LogP contribution in [-0.2, 0) is 10.0 Å². The summed E-state index contributed by atoms with van der Waals surface area (Å²) in [5.74, 6) is -0.290. The van der Waals surface area contributed by atoms with E-state index in [9.17, 15) is 18.5 Å². The molecule has 2 unspecified atom stereocenters. The second kappa shape index (κ2) is 6.83. The lowest BCUT2D eigenvalue weighted by molar-refractivity contribution is -0.385. The molecule has 8 nitrogen and oxygen atoms in total. The van der Waals surface area contributed by atoms with E-state index in [1.807, 2.05) is 0 Å². The normalized spacial score (nSPS) is 14.5. The van der Waals surface area contributed by atoms with Gasteiger partial charge in [-0.15, -0.1) is 0 Å². The second-order valence-corrected chi connectivity index (χ2v) is 6.34. The smallest absolute Gasteiger partial charge is 0.271 e. The molecule has 1 aromatic carbocycles. The van der Waals surface area contributed by atoms with Crippen LogP contribution in [0.5, 0.6) is 5.75 Å². The Hall–Kier alpha value is -1.71. The van der Waals surface area contributed by atoms with Crippen molar-refractivity contribution in [1.82, 2.24) is 4.72 Å². The molecule has 0 heterocycles. The summed E-state index contributed by atoms with van der Waals surface area (Å²) in [6.45, 7) is 3.09. The number of sulfonamides is 1. The number of benzene rings is 1. The zero-order chi connectivity index (χ0) is 16.2. The molecule has 0 aliphatic carbocycles. The van der Waals surface area contributed by atoms with Gasteiger partial charge in [0.05, 0.1) is 12.0 Å². The van der Waals surface area contributed by atoms with Crippen LogP contribution < -0.4 is 9.46 Å². The Morgan fingerprint density at radius 3 is 2.52 bits per heavy atom. The molecule has 1 rings (SSSR count). The Balaban J connectivity index is 3.23. The number of nitrogens with one attached hydrogen (secondary N) is 1. The maximum atomic E-state index is 12.3. The Bertz CT molecular complexity index is 616. The van der Waals surface area contributed by atoms with E-state index < -0.39 is 21.0 Å². The van der Waals surface area contributed by atoms with Crippen LogP contribution in [0.4, 0.5) is 5.69 Å². The molecule has 0 amide bonds. The molecule has 0 spiro atoms. The van der Waals surface area contributed by atoms with Crippen LogP contribution in [0.15, 0.2) is 23.1 Å². The number of methoxy groups -OCH3 is 1. The van der Waals surface area contributed by atoms with Gasteiger partial charge >= 0.3 is 0 Å². The minimum Gasteiger partial charge on any atom is -0.495 e. The lowest BCUT2D eigenvalue weighted by atomic mass is 10.1. The number of aliphatic hydroxyl groups is 1. The molecule has 0 bridgehead atoms. The molecular formula is C12H18N2O6S. The summed E-state index contributed by atoms with van der Waals surface area (Å²) in [4.78, 5) is 9.78. The van der Waals surface area contributed by atoms with Crippen molar-refractivity contribution in [1.29, 1.82) is 0 Å². The van der Waals surface area contributed by atoms with E-state index in [0.29, 0.717) is 0 Å². The second-order valence-electron chi connectivity index (χ2n) is 4.66. The van der Waals surface area contributed by atoms with Crippen LogP contribution in [0.1, 0.15) is 13.8 Å². The topological polar surface area (TPSA) is 119 Å². The predicted octanol–water partition coefficient (Wildman–Crippen LogP) is 0.899. The molecule has 1 aromatic rings. The predicted molar refractivity (Wildman–Crippen MR) is 75.7 cm³/mol. The molecular weight excluding hydrogens is 300 g/mol. The monoisotopic (exact) mass is 318 g/mol. The quantitative estimate of drug-likeness (QED) is 0.569. The zero-order valence-electron chi connectivity index (χ0n) is 11.9. The van der Waals surface area contributed by atoms with Gasteiger partial charge in [-0.1, -0.05) is 6.92 Å². The lowest BCUT2D eigenvalue weighted by Crippen LogP contribution is -2.38. The van der Waals surface area contributed by atoms with Gasteiger partial charge in [0.1, 0.15) is 10.6 Å². The standard InChI is InChI=1S/C12H18N2O6S/c1-8(7-15)9(2)13-21(18,19)12-6-10(14(16)17)4-5-11(12)20-3/h4-6,8-9,13,15H,7H2,1-3H3. The molecule has 0 aliphatic heterocycles. The third-order valence-corrected chi connectivity index (χ3v) is 4.71. The molecule has 0 aromatic heterocycles. The van der Waals surface area contributed by atoms with Crippen molar-refractivity contribution in [2.75, 3.05) is 13.7 Å². The first-order valence-corrected chi connectivity index (χ1v) is 7.67. The number of nitrogens with zero attached hydrogens (tertiary/aromatic N) is 1. The van der Waals surface area contributed by atoms with Crippen LogP contribution in [0.25, 0.3) is 0 Å². The molecule has 0 saturated carbocycles. The van der Waals surface area contributed by atoms with E-state index in [1.54, 1.807) is 13.8 Å². The third kappa shape index (κ3) is 4.13. The third-order valence-electron chi connectivity index (χ3n) is 3.13. The van der Waals surface area contributed by atoms with Gasteiger partial charge in [0.2, 0.25) is 10.0 Å². The summed E-state index contributed by atoms with van der Waals surface area (Å²) < 4.78 is 32.0. The van der Waals surface area contributed by atoms with Crippen LogP contribution in [0.2, 0.25) is 0 Å². The number of ether oxygens (including phenoxy) is 1. The SMILES string of the molecule is COc1ccc([N+](=O)[O-])cc1S(=O)(=O)NC(C)C(C)CO. The highest BCUT2D eigenvalue weighted by atomic mass is 32.2. The van der Waals surface area contributed by atoms with E-state index in [-0.39, 0.29) is 28.9 Å². The van der Waals surface area contributed by atoms with Crippen molar-refractivity contribution in [2.45, 2.75) is 24.8 Å². The number of rotatable bonds is 7. The molecule has 0 radical (unpaired) electrons. The maximum Gasteiger partial charge on any atom is 0.271 e. The molecule has 0 aliphatic rings. The Labute approximate surface area is 122 Å². The summed E-state index contributed by atoms with van der Waals surface area (Å²) in [7, 11) is -2.73. The number of nitro groups is 1. The fraction of sp³-hybridized carbons (Fsp3) is 0.500. The number of aliphatic hydroxyl groups excluding tert-OH is 1. The van der Waals surface area contributed by atoms with E-state index in [4.69, 9.17) is 9.84 Å². The summed E-state index contributed by atoms with van der Waals surface area (Å²) in [5.41, 5.74) is -0.348. The molecule has 9 heteroatoms. The first-order valence-electron chi connectivity index (χ1n) is 6.18. The van der Waals surface area contributed by atoms with Crippen molar-refractivity contribution in [2.24, 2.45) is 5.92 Å². The number of nitro benzene ring substituents is 1.